The summed E-state index contributed by atoms with van der Waals surface area (Å²) in [5.74, 6) is 1.87. The van der Waals surface area contributed by atoms with Crippen molar-refractivity contribution in [1.29, 1.82) is 0 Å². The van der Waals surface area contributed by atoms with E-state index in [0.29, 0.717) is 23.8 Å². The SMILES string of the molecule is O=C(O)CN(CC1CC1)C1CC(NC(=O)C2C3CCCCC32)C1. The first-order chi connectivity index (χ1) is 11.1. The van der Waals surface area contributed by atoms with Gasteiger partial charge in [0.25, 0.3) is 0 Å². The number of nitrogens with one attached hydrogen (secondary N) is 1. The van der Waals surface area contributed by atoms with Gasteiger partial charge in [0.05, 0.1) is 6.54 Å². The van der Waals surface area contributed by atoms with Crippen LogP contribution < -0.4 is 5.32 Å². The molecule has 4 fully saturated rings. The summed E-state index contributed by atoms with van der Waals surface area (Å²) < 4.78 is 0. The third-order valence-electron chi connectivity index (χ3n) is 6.46. The maximum Gasteiger partial charge on any atom is 0.317 e. The van der Waals surface area contributed by atoms with Gasteiger partial charge >= 0.3 is 5.97 Å². The van der Waals surface area contributed by atoms with E-state index in [0.717, 1.165) is 19.4 Å². The van der Waals surface area contributed by atoms with Crippen LogP contribution in [0.4, 0.5) is 0 Å². The van der Waals surface area contributed by atoms with Crippen LogP contribution in [0.2, 0.25) is 0 Å². The number of amides is 1. The minimum atomic E-state index is -0.736. The molecule has 0 saturated heterocycles. The van der Waals surface area contributed by atoms with Crippen molar-refractivity contribution in [3.8, 4) is 0 Å². The molecule has 2 atom stereocenters. The van der Waals surface area contributed by atoms with Crippen LogP contribution >= 0.6 is 0 Å². The third-order valence-corrected chi connectivity index (χ3v) is 6.46. The van der Waals surface area contributed by atoms with Crippen molar-refractivity contribution in [3.63, 3.8) is 0 Å². The molecule has 0 heterocycles. The molecule has 4 saturated carbocycles. The number of rotatable bonds is 7. The standard InChI is InChI=1S/C18H28N2O3/c21-16(22)10-20(9-11-5-6-11)13-7-12(8-13)19-18(23)17-14-3-1-2-4-15(14)17/h11-15,17H,1-10H2,(H,19,23)(H,21,22). The Morgan fingerprint density at radius 2 is 1.70 bits per heavy atom. The third kappa shape index (κ3) is 3.39. The molecule has 0 radical (unpaired) electrons. The molecule has 128 valence electrons. The lowest BCUT2D eigenvalue weighted by Gasteiger charge is -2.42. The van der Waals surface area contributed by atoms with Crippen molar-refractivity contribution >= 4 is 11.9 Å². The highest BCUT2D eigenvalue weighted by molar-refractivity contribution is 5.82. The highest BCUT2D eigenvalue weighted by Gasteiger charge is 2.55. The van der Waals surface area contributed by atoms with E-state index in [1.807, 2.05) is 0 Å². The minimum absolute atomic E-state index is 0.147. The van der Waals surface area contributed by atoms with Crippen LogP contribution in [0.15, 0.2) is 0 Å². The molecule has 4 aliphatic carbocycles. The van der Waals surface area contributed by atoms with Gasteiger partial charge in [-0.2, -0.15) is 0 Å². The van der Waals surface area contributed by atoms with Crippen molar-refractivity contribution in [3.05, 3.63) is 0 Å². The molecule has 0 bridgehead atoms. The first-order valence-corrected chi connectivity index (χ1v) is 9.38. The first-order valence-electron chi connectivity index (χ1n) is 9.38. The van der Waals surface area contributed by atoms with Gasteiger partial charge in [-0.25, -0.2) is 0 Å². The molecular weight excluding hydrogens is 292 g/mol. The first kappa shape index (κ1) is 15.4. The lowest BCUT2D eigenvalue weighted by Crippen LogP contribution is -2.55. The number of aliphatic carboxylic acids is 1. The van der Waals surface area contributed by atoms with Gasteiger partial charge in [0, 0.05) is 24.5 Å². The van der Waals surface area contributed by atoms with Crippen LogP contribution in [0, 0.1) is 23.7 Å². The number of carboxylic acid groups (broad SMARTS) is 1. The van der Waals surface area contributed by atoms with Crippen LogP contribution in [0.1, 0.15) is 51.4 Å². The van der Waals surface area contributed by atoms with Gasteiger partial charge in [0.15, 0.2) is 0 Å². The molecule has 1 amide bonds. The fourth-order valence-corrected chi connectivity index (χ4v) is 4.83. The van der Waals surface area contributed by atoms with Crippen molar-refractivity contribution in [1.82, 2.24) is 10.2 Å². The predicted molar refractivity (Wildman–Crippen MR) is 85.8 cm³/mol. The Morgan fingerprint density at radius 3 is 2.26 bits per heavy atom. The number of carbonyl (C=O) groups is 2. The normalized spacial score (nSPS) is 38.6. The molecule has 23 heavy (non-hydrogen) atoms. The average Bonchev–Trinajstić information content (AvgIpc) is 3.35. The lowest BCUT2D eigenvalue weighted by molar-refractivity contribution is -0.140. The van der Waals surface area contributed by atoms with E-state index in [1.54, 1.807) is 0 Å². The molecule has 4 aliphatic rings. The Balaban J connectivity index is 1.22. The average molecular weight is 320 g/mol. The number of nitrogens with zero attached hydrogens (tertiary/aromatic N) is 1. The molecule has 2 N–H and O–H groups in total. The van der Waals surface area contributed by atoms with E-state index < -0.39 is 5.97 Å². The molecule has 2 unspecified atom stereocenters. The summed E-state index contributed by atoms with van der Waals surface area (Å²) in [5.41, 5.74) is 0. The van der Waals surface area contributed by atoms with Gasteiger partial charge in [-0.05, 0) is 56.3 Å². The van der Waals surface area contributed by atoms with E-state index in [2.05, 4.69) is 10.2 Å². The topological polar surface area (TPSA) is 69.6 Å². The van der Waals surface area contributed by atoms with E-state index in [9.17, 15) is 9.59 Å². The largest absolute Gasteiger partial charge is 0.480 e. The second kappa shape index (κ2) is 6.08. The summed E-state index contributed by atoms with van der Waals surface area (Å²) in [6, 6.07) is 0.615. The summed E-state index contributed by atoms with van der Waals surface area (Å²) in [6.45, 7) is 1.07. The molecule has 0 aromatic rings. The summed E-state index contributed by atoms with van der Waals surface area (Å²) in [5, 5.41) is 12.3. The highest BCUT2D eigenvalue weighted by Crippen LogP contribution is 2.55. The van der Waals surface area contributed by atoms with Gasteiger partial charge < -0.3 is 10.4 Å². The zero-order valence-electron chi connectivity index (χ0n) is 13.7. The highest BCUT2D eigenvalue weighted by atomic mass is 16.4. The Bertz CT molecular complexity index is 473. The van der Waals surface area contributed by atoms with Crippen LogP contribution in [-0.2, 0) is 9.59 Å². The smallest absolute Gasteiger partial charge is 0.317 e. The maximum atomic E-state index is 12.4. The molecule has 0 spiro atoms. The molecule has 5 nitrogen and oxygen atoms in total. The quantitative estimate of drug-likeness (QED) is 0.751. The summed E-state index contributed by atoms with van der Waals surface area (Å²) in [4.78, 5) is 25.6. The lowest BCUT2D eigenvalue weighted by atomic mass is 9.85. The van der Waals surface area contributed by atoms with Crippen molar-refractivity contribution in [2.24, 2.45) is 23.7 Å². The Kier molecular flexibility index (Phi) is 4.08. The zero-order valence-corrected chi connectivity index (χ0v) is 13.7. The van der Waals surface area contributed by atoms with Crippen LogP contribution in [0.5, 0.6) is 0 Å². The Labute approximate surface area is 137 Å². The van der Waals surface area contributed by atoms with Crippen molar-refractivity contribution in [2.45, 2.75) is 63.5 Å². The molecule has 4 rings (SSSR count). The van der Waals surface area contributed by atoms with Crippen LogP contribution in [-0.4, -0.2) is 47.1 Å². The van der Waals surface area contributed by atoms with Gasteiger partial charge in [0.2, 0.25) is 5.91 Å². The van der Waals surface area contributed by atoms with Gasteiger partial charge in [-0.1, -0.05) is 12.8 Å². The maximum absolute atomic E-state index is 12.4. The Morgan fingerprint density at radius 1 is 1.04 bits per heavy atom. The van der Waals surface area contributed by atoms with Gasteiger partial charge in [0.1, 0.15) is 0 Å². The number of fused-ring (bicyclic) bond motifs is 1. The summed E-state index contributed by atoms with van der Waals surface area (Å²) in [7, 11) is 0. The Hall–Kier alpha value is -1.10. The van der Waals surface area contributed by atoms with Gasteiger partial charge in [-0.15, -0.1) is 0 Å². The molecule has 0 aliphatic heterocycles. The second-order valence-electron chi connectivity index (χ2n) is 8.24. The zero-order chi connectivity index (χ0) is 16.0. The van der Waals surface area contributed by atoms with Gasteiger partial charge in [-0.3, -0.25) is 14.5 Å². The fourth-order valence-electron chi connectivity index (χ4n) is 4.83. The monoisotopic (exact) mass is 320 g/mol. The van der Waals surface area contributed by atoms with Crippen LogP contribution in [0.3, 0.4) is 0 Å². The summed E-state index contributed by atoms with van der Waals surface area (Å²) >= 11 is 0. The summed E-state index contributed by atoms with van der Waals surface area (Å²) in [6.07, 6.45) is 9.40. The van der Waals surface area contributed by atoms with E-state index in [-0.39, 0.29) is 24.4 Å². The predicted octanol–water partition coefficient (Wildman–Crippen LogP) is 1.87. The number of carbonyl (C=O) groups excluding carboxylic acids is 1. The number of hydrogen-bond donors (Lipinski definition) is 2. The second-order valence-corrected chi connectivity index (χ2v) is 8.24. The minimum Gasteiger partial charge on any atom is -0.480 e. The molecule has 5 heteroatoms. The molecular formula is C18H28N2O3. The van der Waals surface area contributed by atoms with Crippen molar-refractivity contribution in [2.75, 3.05) is 13.1 Å². The number of hydrogen-bond acceptors (Lipinski definition) is 3. The number of carboxylic acids is 1. The van der Waals surface area contributed by atoms with E-state index >= 15 is 0 Å². The molecule has 0 aromatic carbocycles. The fraction of sp³-hybridized carbons (Fsp3) is 0.889. The molecule has 0 aromatic heterocycles. The van der Waals surface area contributed by atoms with Crippen molar-refractivity contribution < 1.29 is 14.7 Å². The van der Waals surface area contributed by atoms with E-state index in [4.69, 9.17) is 5.11 Å². The van der Waals surface area contributed by atoms with Crippen LogP contribution in [0.25, 0.3) is 0 Å². The van der Waals surface area contributed by atoms with E-state index in [1.165, 1.54) is 38.5 Å².